The average Bonchev–Trinajstić information content (AvgIpc) is 2.32. The Morgan fingerprint density at radius 3 is 2.00 bits per heavy atom. The average molecular weight is 222 g/mol. The summed E-state index contributed by atoms with van der Waals surface area (Å²) in [5, 5.41) is 1.19. The van der Waals surface area contributed by atoms with E-state index < -0.39 is 0 Å². The van der Waals surface area contributed by atoms with E-state index in [0.29, 0.717) is 6.61 Å². The molecule has 0 aromatic heterocycles. The quantitative estimate of drug-likeness (QED) is 0.537. The minimum absolute atomic E-state index is 0. The van der Waals surface area contributed by atoms with Gasteiger partial charge in [-0.3, -0.25) is 0 Å². The predicted molar refractivity (Wildman–Crippen MR) is 64.2 cm³/mol. The van der Waals surface area contributed by atoms with Crippen LogP contribution in [0.1, 0.15) is 5.56 Å². The molecule has 0 unspecified atom stereocenters. The Balaban J connectivity index is 0.00000128. The zero-order chi connectivity index (χ0) is 10.3. The molecule has 2 rings (SSSR count). The van der Waals surface area contributed by atoms with Crippen LogP contribution < -0.4 is 24.2 Å². The first-order valence-electron chi connectivity index (χ1n) is 4.87. The van der Waals surface area contributed by atoms with Crippen LogP contribution in [0.2, 0.25) is 0 Å². The van der Waals surface area contributed by atoms with Gasteiger partial charge >= 0.3 is 18.9 Å². The van der Waals surface area contributed by atoms with E-state index in [1.165, 1.54) is 10.9 Å². The van der Waals surface area contributed by atoms with Crippen LogP contribution >= 0.6 is 8.81 Å². The summed E-state index contributed by atoms with van der Waals surface area (Å²) in [4.78, 5) is 0. The van der Waals surface area contributed by atoms with Gasteiger partial charge in [0.2, 0.25) is 0 Å². The van der Waals surface area contributed by atoms with Crippen LogP contribution in [-0.2, 0) is 11.1 Å². The first-order chi connectivity index (χ1) is 7.45. The molecule has 1 nitrogen and oxygen atoms in total. The van der Waals surface area contributed by atoms with Crippen molar-refractivity contribution in [2.45, 2.75) is 6.61 Å². The van der Waals surface area contributed by atoms with Gasteiger partial charge in [-0.2, -0.15) is 5.30 Å². The summed E-state index contributed by atoms with van der Waals surface area (Å²) in [6, 6.07) is 20.4. The molecule has 0 aliphatic rings. The second-order valence-corrected chi connectivity index (χ2v) is 4.14. The van der Waals surface area contributed by atoms with E-state index in [1.807, 2.05) is 36.4 Å². The maximum atomic E-state index is 5.58. The molecule has 0 amide bonds. The Bertz CT molecular complexity index is 352. The van der Waals surface area contributed by atoms with Crippen LogP contribution in [-0.4, -0.2) is 0 Å². The zero-order valence-electron chi connectivity index (χ0n) is 9.34. The number of hydrogen-bond donors (Lipinski definition) is 0. The molecule has 0 saturated carbocycles. The summed E-state index contributed by atoms with van der Waals surface area (Å²) in [5.41, 5.74) is 1.21. The molecule has 0 atom stereocenters. The maximum Gasteiger partial charge on any atom is 1.00 e. The van der Waals surface area contributed by atoms with Gasteiger partial charge in [-0.25, -0.2) is 0 Å². The third-order valence-corrected chi connectivity index (χ3v) is 2.77. The molecule has 2 aromatic rings. The Morgan fingerprint density at radius 2 is 1.38 bits per heavy atom. The summed E-state index contributed by atoms with van der Waals surface area (Å²) in [6.45, 7) is 0.664. The Labute approximate surface area is 110 Å². The van der Waals surface area contributed by atoms with E-state index in [1.54, 1.807) is 0 Å². The molecule has 0 N–H and O–H groups in total. The van der Waals surface area contributed by atoms with Crippen molar-refractivity contribution in [3.05, 3.63) is 66.2 Å². The third-order valence-electron chi connectivity index (χ3n) is 2.00. The molecular formula is C13H12LiOP. The minimum Gasteiger partial charge on any atom is -0.549 e. The molecule has 0 radical (unpaired) electrons. The first kappa shape index (κ1) is 13.5. The molecule has 0 fully saturated rings. The molecule has 0 heterocycles. The molecule has 0 aliphatic carbocycles. The molecule has 2 aromatic carbocycles. The summed E-state index contributed by atoms with van der Waals surface area (Å²) in [7, 11) is 0.923. The van der Waals surface area contributed by atoms with Crippen molar-refractivity contribution in [2.24, 2.45) is 0 Å². The molecule has 0 bridgehead atoms. The van der Waals surface area contributed by atoms with Crippen LogP contribution in [0.15, 0.2) is 60.7 Å². The fourth-order valence-electron chi connectivity index (χ4n) is 1.24. The van der Waals surface area contributed by atoms with E-state index in [2.05, 4.69) is 24.3 Å². The first-order valence-corrected chi connectivity index (χ1v) is 5.68. The number of rotatable bonds is 4. The third kappa shape index (κ3) is 4.52. The summed E-state index contributed by atoms with van der Waals surface area (Å²) in [5.74, 6) is 0. The van der Waals surface area contributed by atoms with Crippen LogP contribution in [0.25, 0.3) is 0 Å². The second kappa shape index (κ2) is 7.66. The normalized spacial score (nSPS) is 10.2. The predicted octanol–water partition coefficient (Wildman–Crippen LogP) is 0.394. The topological polar surface area (TPSA) is 9.23 Å². The van der Waals surface area contributed by atoms with Gasteiger partial charge in [-0.05, 0) is 5.56 Å². The van der Waals surface area contributed by atoms with E-state index in [-0.39, 0.29) is 18.9 Å². The van der Waals surface area contributed by atoms with Crippen molar-refractivity contribution in [1.82, 2.24) is 0 Å². The largest absolute Gasteiger partial charge is 1.00 e. The fourth-order valence-corrected chi connectivity index (χ4v) is 1.90. The van der Waals surface area contributed by atoms with Crippen LogP contribution in [0.4, 0.5) is 0 Å². The Kier molecular flexibility index (Phi) is 6.46. The zero-order valence-corrected chi connectivity index (χ0v) is 10.2. The SMILES string of the molecule is [Li+].c1ccc(CO[P-]c2ccccc2)cc1. The van der Waals surface area contributed by atoms with Crippen molar-refractivity contribution >= 4 is 14.1 Å². The summed E-state index contributed by atoms with van der Waals surface area (Å²) < 4.78 is 5.58. The van der Waals surface area contributed by atoms with Crippen molar-refractivity contribution in [3.63, 3.8) is 0 Å². The molecule has 0 aliphatic heterocycles. The van der Waals surface area contributed by atoms with Crippen molar-refractivity contribution in [1.29, 1.82) is 0 Å². The van der Waals surface area contributed by atoms with Crippen molar-refractivity contribution in [3.8, 4) is 0 Å². The molecule has 3 heteroatoms. The van der Waals surface area contributed by atoms with Gasteiger partial charge in [0.1, 0.15) is 0 Å². The van der Waals surface area contributed by atoms with E-state index >= 15 is 0 Å². The monoisotopic (exact) mass is 222 g/mol. The van der Waals surface area contributed by atoms with Gasteiger partial charge < -0.3 is 13.3 Å². The second-order valence-electron chi connectivity index (χ2n) is 3.19. The maximum absolute atomic E-state index is 5.58. The molecule has 16 heavy (non-hydrogen) atoms. The minimum atomic E-state index is 0. The Morgan fingerprint density at radius 1 is 0.812 bits per heavy atom. The van der Waals surface area contributed by atoms with E-state index in [0.717, 1.165) is 8.81 Å². The molecule has 76 valence electrons. The van der Waals surface area contributed by atoms with Gasteiger partial charge in [0.25, 0.3) is 0 Å². The number of benzene rings is 2. The van der Waals surface area contributed by atoms with Gasteiger partial charge in [-0.1, -0.05) is 60.7 Å². The smallest absolute Gasteiger partial charge is 0.549 e. The van der Waals surface area contributed by atoms with Gasteiger partial charge in [0, 0.05) is 6.61 Å². The molecule has 0 spiro atoms. The van der Waals surface area contributed by atoms with Crippen molar-refractivity contribution in [2.75, 3.05) is 0 Å². The van der Waals surface area contributed by atoms with Crippen LogP contribution in [0, 0.1) is 0 Å². The van der Waals surface area contributed by atoms with Crippen LogP contribution in [0.5, 0.6) is 0 Å². The van der Waals surface area contributed by atoms with E-state index in [4.69, 9.17) is 4.52 Å². The Hall–Kier alpha value is -0.573. The molecule has 0 saturated heterocycles. The standard InChI is InChI=1S/C13H12OP.Li/c1-3-7-12(8-4-1)11-14-15-13-9-5-2-6-10-13;/h1-10H,11H2;/q-1;+1. The van der Waals surface area contributed by atoms with Crippen LogP contribution in [0.3, 0.4) is 0 Å². The van der Waals surface area contributed by atoms with Gasteiger partial charge in [0.05, 0.1) is 0 Å². The summed E-state index contributed by atoms with van der Waals surface area (Å²) >= 11 is 0. The number of hydrogen-bond acceptors (Lipinski definition) is 1. The van der Waals surface area contributed by atoms with Gasteiger partial charge in [0.15, 0.2) is 0 Å². The summed E-state index contributed by atoms with van der Waals surface area (Å²) in [6.07, 6.45) is 0. The van der Waals surface area contributed by atoms with E-state index in [9.17, 15) is 0 Å². The van der Waals surface area contributed by atoms with Gasteiger partial charge in [-0.15, -0.1) is 0 Å². The molecular weight excluding hydrogens is 210 g/mol. The fraction of sp³-hybridized carbons (Fsp3) is 0.0769. The van der Waals surface area contributed by atoms with Crippen molar-refractivity contribution < 1.29 is 23.4 Å².